The highest BCUT2D eigenvalue weighted by atomic mass is 35.5. The summed E-state index contributed by atoms with van der Waals surface area (Å²) in [5.41, 5.74) is 0.958. The maximum Gasteiger partial charge on any atom is 0.310 e. The molecule has 0 aliphatic rings. The van der Waals surface area contributed by atoms with Crippen molar-refractivity contribution in [3.8, 4) is 11.5 Å². The number of hydrogen-bond donors (Lipinski definition) is 2. The van der Waals surface area contributed by atoms with Crippen LogP contribution >= 0.6 is 11.6 Å². The molecule has 0 bridgehead atoms. The smallest absolute Gasteiger partial charge is 0.310 e. The van der Waals surface area contributed by atoms with Gasteiger partial charge in [0.25, 0.3) is 0 Å². The van der Waals surface area contributed by atoms with Crippen LogP contribution in [-0.4, -0.2) is 23.3 Å². The Hall–Kier alpha value is -1.42. The van der Waals surface area contributed by atoms with E-state index in [9.17, 15) is 9.90 Å². The molecule has 0 aromatic heterocycles. The molecule has 0 saturated heterocycles. The van der Waals surface area contributed by atoms with Crippen molar-refractivity contribution in [1.29, 1.82) is 0 Å². The van der Waals surface area contributed by atoms with E-state index in [-0.39, 0.29) is 17.1 Å². The number of methoxy groups -OCH3 is 1. The van der Waals surface area contributed by atoms with Crippen LogP contribution in [0.2, 0.25) is 5.02 Å². The molecule has 0 heterocycles. The van der Waals surface area contributed by atoms with Gasteiger partial charge in [0.05, 0.1) is 18.1 Å². The number of benzene rings is 1. The summed E-state index contributed by atoms with van der Waals surface area (Å²) in [6.45, 7) is 3.37. The molecule has 1 aromatic rings. The lowest BCUT2D eigenvalue weighted by Crippen LogP contribution is -2.09. The predicted octanol–water partition coefficient (Wildman–Crippen LogP) is 2.80. The number of aryl methyl sites for hydroxylation is 1. The zero-order valence-corrected chi connectivity index (χ0v) is 10.7. The second kappa shape index (κ2) is 5.27. The van der Waals surface area contributed by atoms with Crippen LogP contribution in [-0.2, 0) is 11.2 Å². The lowest BCUT2D eigenvalue weighted by Gasteiger charge is -2.16. The SMILES string of the molecule is CCc1cc(OC)c(O)c(C(C)C(=O)O)c1Cl. The topological polar surface area (TPSA) is 66.8 Å². The highest BCUT2D eigenvalue weighted by Gasteiger charge is 2.25. The Kier molecular flexibility index (Phi) is 4.23. The summed E-state index contributed by atoms with van der Waals surface area (Å²) in [6, 6.07) is 1.62. The van der Waals surface area contributed by atoms with E-state index in [1.54, 1.807) is 6.07 Å². The summed E-state index contributed by atoms with van der Waals surface area (Å²) >= 11 is 6.10. The first-order chi connectivity index (χ1) is 7.93. The number of aromatic hydroxyl groups is 1. The van der Waals surface area contributed by atoms with E-state index in [1.807, 2.05) is 6.92 Å². The van der Waals surface area contributed by atoms with Crippen molar-refractivity contribution in [1.82, 2.24) is 0 Å². The third kappa shape index (κ3) is 2.47. The second-order valence-electron chi connectivity index (χ2n) is 3.73. The molecule has 0 amide bonds. The zero-order chi connectivity index (χ0) is 13.2. The molecule has 1 atom stereocenters. The first kappa shape index (κ1) is 13.6. The number of halogens is 1. The minimum atomic E-state index is -1.04. The average Bonchev–Trinajstić information content (AvgIpc) is 2.29. The Morgan fingerprint density at radius 3 is 2.59 bits per heavy atom. The number of rotatable bonds is 4. The number of phenolic OH excluding ortho intramolecular Hbond substituents is 1. The van der Waals surface area contributed by atoms with Crippen molar-refractivity contribution < 1.29 is 19.7 Å². The monoisotopic (exact) mass is 258 g/mol. The molecule has 5 heteroatoms. The minimum Gasteiger partial charge on any atom is -0.504 e. The first-order valence-electron chi connectivity index (χ1n) is 5.25. The molecule has 4 nitrogen and oxygen atoms in total. The first-order valence-corrected chi connectivity index (χ1v) is 5.62. The average molecular weight is 259 g/mol. The van der Waals surface area contributed by atoms with E-state index in [0.717, 1.165) is 5.56 Å². The summed E-state index contributed by atoms with van der Waals surface area (Å²) in [6.07, 6.45) is 0.634. The van der Waals surface area contributed by atoms with Gasteiger partial charge in [-0.25, -0.2) is 0 Å². The van der Waals surface area contributed by atoms with E-state index >= 15 is 0 Å². The van der Waals surface area contributed by atoms with Crippen LogP contribution in [0.1, 0.15) is 30.9 Å². The van der Waals surface area contributed by atoms with Crippen LogP contribution in [0.5, 0.6) is 11.5 Å². The van der Waals surface area contributed by atoms with Crippen molar-refractivity contribution >= 4 is 17.6 Å². The highest BCUT2D eigenvalue weighted by molar-refractivity contribution is 6.32. The lowest BCUT2D eigenvalue weighted by molar-refractivity contribution is -0.138. The Bertz CT molecular complexity index is 414. The van der Waals surface area contributed by atoms with Gasteiger partial charge in [-0.05, 0) is 25.0 Å². The molecule has 0 fully saturated rings. The molecular formula is C12H15ClO4. The molecule has 0 radical (unpaired) electrons. The third-order valence-electron chi connectivity index (χ3n) is 2.72. The Labute approximate surface area is 105 Å². The van der Waals surface area contributed by atoms with Crippen LogP contribution in [0.15, 0.2) is 6.07 Å². The summed E-state index contributed by atoms with van der Waals surface area (Å²) < 4.78 is 5.01. The van der Waals surface area contributed by atoms with Gasteiger partial charge in [-0.1, -0.05) is 18.5 Å². The van der Waals surface area contributed by atoms with Gasteiger partial charge in [0.1, 0.15) is 0 Å². The number of ether oxygens (including phenoxy) is 1. The van der Waals surface area contributed by atoms with Crippen molar-refractivity contribution in [3.05, 3.63) is 22.2 Å². The standard InChI is InChI=1S/C12H15ClO4/c1-4-7-5-8(17-3)11(14)9(10(7)13)6(2)12(15)16/h5-6,14H,4H2,1-3H3,(H,15,16). The van der Waals surface area contributed by atoms with E-state index in [2.05, 4.69) is 0 Å². The molecule has 0 aliphatic carbocycles. The highest BCUT2D eigenvalue weighted by Crippen LogP contribution is 2.42. The van der Waals surface area contributed by atoms with Crippen LogP contribution in [0.3, 0.4) is 0 Å². The van der Waals surface area contributed by atoms with Gasteiger partial charge < -0.3 is 14.9 Å². The lowest BCUT2D eigenvalue weighted by atomic mass is 9.96. The molecule has 1 rings (SSSR count). The van der Waals surface area contributed by atoms with Gasteiger partial charge in [-0.3, -0.25) is 4.79 Å². The zero-order valence-electron chi connectivity index (χ0n) is 9.95. The number of carboxylic acid groups (broad SMARTS) is 1. The third-order valence-corrected chi connectivity index (χ3v) is 3.16. The normalized spacial score (nSPS) is 12.2. The van der Waals surface area contributed by atoms with Gasteiger partial charge in [0, 0.05) is 5.56 Å². The minimum absolute atomic E-state index is 0.204. The van der Waals surface area contributed by atoms with Crippen LogP contribution < -0.4 is 4.74 Å². The Morgan fingerprint density at radius 2 is 2.18 bits per heavy atom. The summed E-state index contributed by atoms with van der Waals surface area (Å²) in [4.78, 5) is 11.0. The largest absolute Gasteiger partial charge is 0.504 e. The van der Waals surface area contributed by atoms with E-state index < -0.39 is 11.9 Å². The fourth-order valence-corrected chi connectivity index (χ4v) is 2.07. The summed E-state index contributed by atoms with van der Waals surface area (Å²) in [5, 5.41) is 19.2. The van der Waals surface area contributed by atoms with Crippen molar-refractivity contribution in [2.45, 2.75) is 26.2 Å². The fraction of sp³-hybridized carbons (Fsp3) is 0.417. The Balaban J connectivity index is 3.50. The quantitative estimate of drug-likeness (QED) is 0.872. The van der Waals surface area contributed by atoms with Crippen molar-refractivity contribution in [2.75, 3.05) is 7.11 Å². The van der Waals surface area contributed by atoms with E-state index in [1.165, 1.54) is 14.0 Å². The Morgan fingerprint density at radius 1 is 1.59 bits per heavy atom. The number of aliphatic carboxylic acids is 1. The van der Waals surface area contributed by atoms with Gasteiger partial charge in [0.2, 0.25) is 0 Å². The molecule has 1 unspecified atom stereocenters. The summed E-state index contributed by atoms with van der Waals surface area (Å²) in [7, 11) is 1.41. The second-order valence-corrected chi connectivity index (χ2v) is 4.11. The molecule has 1 aromatic carbocycles. The number of phenols is 1. The number of hydrogen-bond acceptors (Lipinski definition) is 3. The molecule has 0 spiro atoms. The van der Waals surface area contributed by atoms with Gasteiger partial charge in [-0.2, -0.15) is 0 Å². The van der Waals surface area contributed by atoms with E-state index in [4.69, 9.17) is 21.4 Å². The van der Waals surface area contributed by atoms with Crippen LogP contribution in [0.4, 0.5) is 0 Å². The number of carboxylic acids is 1. The maximum atomic E-state index is 11.0. The van der Waals surface area contributed by atoms with Crippen molar-refractivity contribution in [3.63, 3.8) is 0 Å². The van der Waals surface area contributed by atoms with Crippen LogP contribution in [0, 0.1) is 0 Å². The maximum absolute atomic E-state index is 11.0. The molecule has 0 saturated carbocycles. The molecule has 0 aliphatic heterocycles. The molecule has 17 heavy (non-hydrogen) atoms. The van der Waals surface area contributed by atoms with Gasteiger partial charge in [-0.15, -0.1) is 0 Å². The van der Waals surface area contributed by atoms with Crippen LogP contribution in [0.25, 0.3) is 0 Å². The van der Waals surface area contributed by atoms with Gasteiger partial charge in [0.15, 0.2) is 11.5 Å². The van der Waals surface area contributed by atoms with Crippen molar-refractivity contribution in [2.24, 2.45) is 0 Å². The number of carbonyl (C=O) groups is 1. The molecule has 94 valence electrons. The van der Waals surface area contributed by atoms with Gasteiger partial charge >= 0.3 is 5.97 Å². The molecular weight excluding hydrogens is 244 g/mol. The fourth-order valence-electron chi connectivity index (χ4n) is 1.63. The predicted molar refractivity (Wildman–Crippen MR) is 65.1 cm³/mol. The molecule has 2 N–H and O–H groups in total. The summed E-state index contributed by atoms with van der Waals surface area (Å²) in [5.74, 6) is -1.89. The van der Waals surface area contributed by atoms with E-state index in [0.29, 0.717) is 11.4 Å².